The average molecular weight is 468 g/mol. The maximum absolute atomic E-state index is 13.5. The number of carboxylic acids is 1. The molecule has 3 rings (SSSR count). The van der Waals surface area contributed by atoms with E-state index < -0.39 is 24.3 Å². The number of hydrogen-bond donors (Lipinski definition) is 1. The third-order valence-electron chi connectivity index (χ3n) is 3.89. The quantitative estimate of drug-likeness (QED) is 0.465. The number of anilines is 1. The van der Waals surface area contributed by atoms with E-state index >= 15 is 0 Å². The van der Waals surface area contributed by atoms with Gasteiger partial charge in [-0.05, 0) is 37.3 Å². The number of rotatable bonds is 7. The Hall–Kier alpha value is -2.62. The van der Waals surface area contributed by atoms with Gasteiger partial charge in [-0.1, -0.05) is 47.7 Å². The smallest absolute Gasteiger partial charge is 0.341 e. The predicted octanol–water partition coefficient (Wildman–Crippen LogP) is 4.75. The Morgan fingerprint density at radius 3 is 2.77 bits per heavy atom. The van der Waals surface area contributed by atoms with Gasteiger partial charge in [0, 0.05) is 5.56 Å². The molecule has 2 aromatic carbocycles. The minimum absolute atomic E-state index is 0.126. The van der Waals surface area contributed by atoms with Gasteiger partial charge in [0.25, 0.3) is 5.91 Å². The summed E-state index contributed by atoms with van der Waals surface area (Å²) in [7, 11) is 0. The zero-order valence-corrected chi connectivity index (χ0v) is 17.9. The summed E-state index contributed by atoms with van der Waals surface area (Å²) < 4.78 is 24.6. The molecule has 6 nitrogen and oxygen atoms in total. The molecule has 1 fully saturated rings. The fraction of sp³-hybridized carbons (Fsp3) is 0.150. The number of hydrogen-bond acceptors (Lipinski definition) is 6. The van der Waals surface area contributed by atoms with Gasteiger partial charge in [-0.2, -0.15) is 0 Å². The lowest BCUT2D eigenvalue weighted by molar-refractivity contribution is -0.139. The minimum atomic E-state index is -1.15. The molecule has 0 radical (unpaired) electrons. The molecule has 1 N–H and O–H groups in total. The van der Waals surface area contributed by atoms with Gasteiger partial charge >= 0.3 is 5.97 Å². The van der Waals surface area contributed by atoms with Crippen LogP contribution < -0.4 is 14.4 Å². The van der Waals surface area contributed by atoms with E-state index in [4.69, 9.17) is 38.4 Å². The Morgan fingerprint density at radius 1 is 1.33 bits per heavy atom. The van der Waals surface area contributed by atoms with Gasteiger partial charge in [0.15, 0.2) is 22.4 Å². The molecule has 0 spiro atoms. The molecule has 0 unspecified atom stereocenters. The second-order valence-corrected chi connectivity index (χ2v) is 7.99. The summed E-state index contributed by atoms with van der Waals surface area (Å²) in [6.45, 7) is 1.56. The lowest BCUT2D eigenvalue weighted by Crippen LogP contribution is -2.27. The zero-order chi connectivity index (χ0) is 21.8. The highest BCUT2D eigenvalue weighted by Gasteiger charge is 2.34. The van der Waals surface area contributed by atoms with Crippen LogP contribution in [-0.4, -0.2) is 34.5 Å². The van der Waals surface area contributed by atoms with Gasteiger partial charge < -0.3 is 14.6 Å². The highest BCUT2D eigenvalue weighted by molar-refractivity contribution is 8.27. The fourth-order valence-corrected chi connectivity index (χ4v) is 4.12. The van der Waals surface area contributed by atoms with Crippen LogP contribution in [0.25, 0.3) is 6.08 Å². The summed E-state index contributed by atoms with van der Waals surface area (Å²) in [6, 6.07) is 8.90. The number of aliphatic carboxylic acids is 1. The van der Waals surface area contributed by atoms with Crippen molar-refractivity contribution in [2.45, 2.75) is 6.92 Å². The summed E-state index contributed by atoms with van der Waals surface area (Å²) in [4.78, 5) is 25.4. The minimum Gasteiger partial charge on any atom is -0.490 e. The standard InChI is InChI=1S/C20H15ClFNO5S2/c1-2-27-15-5-3-4-11(18(15)28-10-17(24)25)8-16-19(26)23(20(29)30-16)12-6-7-14(22)13(21)9-12/h3-9H,2,10H2,1H3,(H,24,25)/b16-8-. The second-order valence-electron chi connectivity index (χ2n) is 5.91. The van der Waals surface area contributed by atoms with Crippen molar-refractivity contribution < 1.29 is 28.6 Å². The number of carbonyl (C=O) groups is 2. The third kappa shape index (κ3) is 4.75. The molecule has 2 aromatic rings. The Morgan fingerprint density at radius 2 is 2.10 bits per heavy atom. The van der Waals surface area contributed by atoms with E-state index in [2.05, 4.69) is 0 Å². The number of thiocarbonyl (C=S) groups is 1. The molecule has 1 saturated heterocycles. The largest absolute Gasteiger partial charge is 0.490 e. The van der Waals surface area contributed by atoms with Crippen molar-refractivity contribution in [1.29, 1.82) is 0 Å². The highest BCUT2D eigenvalue weighted by atomic mass is 35.5. The maximum Gasteiger partial charge on any atom is 0.341 e. The van der Waals surface area contributed by atoms with Gasteiger partial charge in [-0.15, -0.1) is 0 Å². The first-order valence-corrected chi connectivity index (χ1v) is 10.3. The molecule has 1 aliphatic rings. The number of para-hydroxylation sites is 1. The van der Waals surface area contributed by atoms with Crippen molar-refractivity contribution >= 4 is 63.5 Å². The fourth-order valence-electron chi connectivity index (χ4n) is 2.66. The summed E-state index contributed by atoms with van der Waals surface area (Å²) in [5.41, 5.74) is 0.803. The van der Waals surface area contributed by atoms with Crippen molar-refractivity contribution in [2.24, 2.45) is 0 Å². The van der Waals surface area contributed by atoms with Crippen LogP contribution in [0.4, 0.5) is 10.1 Å². The Labute approximate surface area is 186 Å². The third-order valence-corrected chi connectivity index (χ3v) is 5.48. The van der Waals surface area contributed by atoms with Crippen molar-refractivity contribution in [3.63, 3.8) is 0 Å². The van der Waals surface area contributed by atoms with Gasteiger partial charge in [0.1, 0.15) is 5.82 Å². The molecule has 1 aliphatic heterocycles. The lowest BCUT2D eigenvalue weighted by Gasteiger charge is -2.15. The summed E-state index contributed by atoms with van der Waals surface area (Å²) >= 11 is 12.2. The molecule has 1 heterocycles. The predicted molar refractivity (Wildman–Crippen MR) is 118 cm³/mol. The van der Waals surface area contributed by atoms with Gasteiger partial charge in [0.05, 0.1) is 22.2 Å². The molecule has 10 heteroatoms. The van der Waals surface area contributed by atoms with Crippen LogP contribution in [-0.2, 0) is 9.59 Å². The van der Waals surface area contributed by atoms with Crippen molar-refractivity contribution in [1.82, 2.24) is 0 Å². The van der Waals surface area contributed by atoms with Crippen LogP contribution >= 0.6 is 35.6 Å². The average Bonchev–Trinajstić information content (AvgIpc) is 2.97. The highest BCUT2D eigenvalue weighted by Crippen LogP contribution is 2.40. The van der Waals surface area contributed by atoms with Crippen LogP contribution in [0.3, 0.4) is 0 Å². The molecule has 0 bridgehead atoms. The molecular weight excluding hydrogens is 453 g/mol. The van der Waals surface area contributed by atoms with Crippen LogP contribution in [0.2, 0.25) is 5.02 Å². The number of amides is 1. The second kappa shape index (κ2) is 9.46. The van der Waals surface area contributed by atoms with Gasteiger partial charge in [0.2, 0.25) is 0 Å². The number of halogens is 2. The summed E-state index contributed by atoms with van der Waals surface area (Å²) in [5, 5.41) is 8.82. The number of benzene rings is 2. The van der Waals surface area contributed by atoms with Crippen molar-refractivity contribution in [3.8, 4) is 11.5 Å². The molecule has 1 amide bonds. The number of thioether (sulfide) groups is 1. The van der Waals surface area contributed by atoms with Crippen molar-refractivity contribution in [2.75, 3.05) is 18.1 Å². The van der Waals surface area contributed by atoms with E-state index in [0.717, 1.165) is 17.8 Å². The molecule has 156 valence electrons. The summed E-state index contributed by atoms with van der Waals surface area (Å²) in [6.07, 6.45) is 1.55. The van der Waals surface area contributed by atoms with Crippen LogP contribution in [0.1, 0.15) is 12.5 Å². The van der Waals surface area contributed by atoms with E-state index in [1.54, 1.807) is 31.2 Å². The zero-order valence-electron chi connectivity index (χ0n) is 15.6. The number of carbonyl (C=O) groups excluding carboxylic acids is 1. The first-order valence-electron chi connectivity index (χ1n) is 8.65. The van der Waals surface area contributed by atoms with Crippen LogP contribution in [0, 0.1) is 5.82 Å². The number of carboxylic acid groups (broad SMARTS) is 1. The molecule has 30 heavy (non-hydrogen) atoms. The number of nitrogens with zero attached hydrogens (tertiary/aromatic N) is 1. The topological polar surface area (TPSA) is 76.1 Å². The van der Waals surface area contributed by atoms with E-state index in [1.165, 1.54) is 17.0 Å². The first-order chi connectivity index (χ1) is 14.3. The molecule has 0 atom stereocenters. The van der Waals surface area contributed by atoms with Crippen molar-refractivity contribution in [3.05, 3.63) is 57.7 Å². The molecule has 0 saturated carbocycles. The SMILES string of the molecule is CCOc1cccc(/C=C2\SC(=S)N(c3ccc(F)c(Cl)c3)C2=O)c1OCC(=O)O. The Balaban J connectivity index is 1.97. The van der Waals surface area contributed by atoms with E-state index in [9.17, 15) is 14.0 Å². The first kappa shape index (κ1) is 22.1. The molecule has 0 aliphatic carbocycles. The van der Waals surface area contributed by atoms with Crippen LogP contribution in [0.15, 0.2) is 41.3 Å². The Kier molecular flexibility index (Phi) is 6.96. The monoisotopic (exact) mass is 467 g/mol. The summed E-state index contributed by atoms with van der Waals surface area (Å²) in [5.74, 6) is -1.61. The number of ether oxygens (including phenoxy) is 2. The maximum atomic E-state index is 13.5. The van der Waals surface area contributed by atoms with Crippen LogP contribution in [0.5, 0.6) is 11.5 Å². The van der Waals surface area contributed by atoms with E-state index in [0.29, 0.717) is 23.6 Å². The van der Waals surface area contributed by atoms with Gasteiger partial charge in [-0.3, -0.25) is 9.69 Å². The normalized spacial score (nSPS) is 15.0. The lowest BCUT2D eigenvalue weighted by atomic mass is 10.1. The van der Waals surface area contributed by atoms with E-state index in [1.807, 2.05) is 0 Å². The van der Waals surface area contributed by atoms with E-state index in [-0.39, 0.29) is 20.0 Å². The molecule has 0 aromatic heterocycles. The molecular formula is C20H15ClFNO5S2. The van der Waals surface area contributed by atoms with Gasteiger partial charge in [-0.25, -0.2) is 9.18 Å². The Bertz CT molecular complexity index is 1060.